The van der Waals surface area contributed by atoms with Gasteiger partial charge in [0.05, 0.1) is 12.3 Å². The Morgan fingerprint density at radius 2 is 1.87 bits per heavy atom. The Balaban J connectivity index is 2.09. The van der Waals surface area contributed by atoms with E-state index in [1.165, 1.54) is 50.5 Å². The fraction of sp³-hybridized carbons (Fsp3) is 0.300. The van der Waals surface area contributed by atoms with Gasteiger partial charge >= 0.3 is 6.18 Å². The van der Waals surface area contributed by atoms with E-state index in [2.05, 4.69) is 10.4 Å². The van der Waals surface area contributed by atoms with Crippen LogP contribution in [0.1, 0.15) is 33.5 Å². The summed E-state index contributed by atoms with van der Waals surface area (Å²) < 4.78 is 43.1. The van der Waals surface area contributed by atoms with Gasteiger partial charge in [-0.3, -0.25) is 9.80 Å². The van der Waals surface area contributed by atoms with Crippen molar-refractivity contribution < 1.29 is 23.1 Å². The summed E-state index contributed by atoms with van der Waals surface area (Å²) in [6, 6.07) is 8.24. The molecule has 0 radical (unpaired) electrons. The van der Waals surface area contributed by atoms with E-state index in [9.17, 15) is 23.1 Å². The number of carbonyl (C=O) groups is 1. The molecule has 1 amide bonds. The minimum atomic E-state index is -4.69. The Hall–Kier alpha value is -2.29. The maximum atomic E-state index is 14.4. The van der Waals surface area contributed by atoms with Gasteiger partial charge in [-0.25, -0.2) is 0 Å². The van der Waals surface area contributed by atoms with Crippen molar-refractivity contribution >= 4 is 34.8 Å². The van der Waals surface area contributed by atoms with E-state index in [0.717, 1.165) is 5.01 Å². The Morgan fingerprint density at radius 1 is 1.23 bits per heavy atom. The zero-order chi connectivity index (χ0) is 22.3. The van der Waals surface area contributed by atoms with Crippen LogP contribution >= 0.6 is 23.2 Å². The predicted octanol–water partition coefficient (Wildman–Crippen LogP) is 4.34. The summed E-state index contributed by atoms with van der Waals surface area (Å²) in [6.07, 6.45) is -5.18. The summed E-state index contributed by atoms with van der Waals surface area (Å²) in [5.74, 6) is -0.408. The largest absolute Gasteiger partial charge is 0.417 e. The van der Waals surface area contributed by atoms with Gasteiger partial charge in [0.2, 0.25) is 0 Å². The number of halogens is 5. The minimum absolute atomic E-state index is 0.0838. The van der Waals surface area contributed by atoms with Crippen LogP contribution in [0.5, 0.6) is 0 Å². The molecule has 0 bridgehead atoms. The van der Waals surface area contributed by atoms with Gasteiger partial charge in [-0.15, -0.1) is 0 Å². The monoisotopic (exact) mass is 459 g/mol. The zero-order valence-corrected chi connectivity index (χ0v) is 17.5. The molecule has 0 fully saturated rings. The summed E-state index contributed by atoms with van der Waals surface area (Å²) >= 11 is 11.9. The van der Waals surface area contributed by atoms with Gasteiger partial charge in [-0.1, -0.05) is 29.3 Å². The van der Waals surface area contributed by atoms with Crippen molar-refractivity contribution in [2.24, 2.45) is 5.10 Å². The molecule has 1 atom stereocenters. The van der Waals surface area contributed by atoms with Crippen molar-refractivity contribution in [2.75, 3.05) is 14.1 Å². The van der Waals surface area contributed by atoms with Crippen LogP contribution in [-0.2, 0) is 12.1 Å². The first-order valence-corrected chi connectivity index (χ1v) is 9.60. The van der Waals surface area contributed by atoms with Crippen LogP contribution < -0.4 is 5.32 Å². The standard InChI is InChI=1S/C20H18Cl2F3N3O2/c1-26-18(30)16-4-3-11(5-12(16)10-29)17-9-19(20(23,24)25,28(2)27-17)13-6-14(21)8-15(22)7-13/h3-8,29H,9-10H2,1-2H3,(H,26,30). The highest BCUT2D eigenvalue weighted by atomic mass is 35.5. The van der Waals surface area contributed by atoms with Gasteiger partial charge in [0.15, 0.2) is 5.54 Å². The van der Waals surface area contributed by atoms with Gasteiger partial charge in [0.1, 0.15) is 0 Å². The number of carbonyl (C=O) groups excluding carboxylic acids is 1. The highest BCUT2D eigenvalue weighted by molar-refractivity contribution is 6.34. The van der Waals surface area contributed by atoms with Crippen LogP contribution in [0.3, 0.4) is 0 Å². The average molecular weight is 460 g/mol. The maximum absolute atomic E-state index is 14.4. The summed E-state index contributed by atoms with van der Waals surface area (Å²) in [7, 11) is 2.68. The van der Waals surface area contributed by atoms with Crippen molar-refractivity contribution in [1.82, 2.24) is 10.3 Å². The quantitative estimate of drug-likeness (QED) is 0.714. The first-order chi connectivity index (χ1) is 14.0. The molecule has 0 saturated heterocycles. The van der Waals surface area contributed by atoms with Crippen LogP contribution in [0.2, 0.25) is 10.0 Å². The van der Waals surface area contributed by atoms with Crippen molar-refractivity contribution in [3.8, 4) is 0 Å². The molecule has 0 aliphatic carbocycles. The van der Waals surface area contributed by atoms with E-state index < -0.39 is 30.7 Å². The first kappa shape index (κ1) is 22.4. The van der Waals surface area contributed by atoms with Crippen LogP contribution in [-0.4, -0.2) is 42.0 Å². The van der Waals surface area contributed by atoms with Gasteiger partial charge in [-0.05, 0) is 47.0 Å². The van der Waals surface area contributed by atoms with E-state index in [1.54, 1.807) is 0 Å². The summed E-state index contributed by atoms with van der Waals surface area (Å²) in [5.41, 5.74) is -1.54. The summed E-state index contributed by atoms with van der Waals surface area (Å²) in [4.78, 5) is 11.9. The maximum Gasteiger partial charge on any atom is 0.417 e. The number of hydrogen-bond acceptors (Lipinski definition) is 4. The fourth-order valence-corrected chi connectivity index (χ4v) is 4.13. The molecule has 2 N–H and O–H groups in total. The van der Waals surface area contributed by atoms with Crippen molar-refractivity contribution in [2.45, 2.75) is 24.7 Å². The molecule has 1 aliphatic heterocycles. The Labute approximate surface area is 181 Å². The van der Waals surface area contributed by atoms with E-state index in [0.29, 0.717) is 5.56 Å². The molecule has 5 nitrogen and oxygen atoms in total. The third kappa shape index (κ3) is 3.75. The molecule has 1 unspecified atom stereocenters. The topological polar surface area (TPSA) is 64.9 Å². The molecule has 2 aromatic rings. The molecular formula is C20H18Cl2F3N3O2. The number of nitrogens with zero attached hydrogens (tertiary/aromatic N) is 2. The molecule has 0 aromatic heterocycles. The molecule has 2 aromatic carbocycles. The molecule has 30 heavy (non-hydrogen) atoms. The van der Waals surface area contributed by atoms with E-state index in [1.807, 2.05) is 0 Å². The molecule has 3 rings (SSSR count). The van der Waals surface area contributed by atoms with Crippen LogP contribution in [0.25, 0.3) is 0 Å². The minimum Gasteiger partial charge on any atom is -0.392 e. The lowest BCUT2D eigenvalue weighted by atomic mass is 9.83. The third-order valence-electron chi connectivity index (χ3n) is 5.14. The van der Waals surface area contributed by atoms with Crippen LogP contribution in [0.4, 0.5) is 13.2 Å². The lowest BCUT2D eigenvalue weighted by Crippen LogP contribution is -2.50. The highest BCUT2D eigenvalue weighted by Gasteiger charge is 2.62. The summed E-state index contributed by atoms with van der Waals surface area (Å²) in [5, 5.41) is 17.2. The number of benzene rings is 2. The third-order valence-corrected chi connectivity index (χ3v) is 5.57. The normalized spacial score (nSPS) is 19.1. The average Bonchev–Trinajstić information content (AvgIpc) is 3.04. The molecule has 1 aliphatic rings. The Morgan fingerprint density at radius 3 is 2.40 bits per heavy atom. The zero-order valence-electron chi connectivity index (χ0n) is 16.0. The number of aliphatic hydroxyl groups is 1. The number of nitrogens with one attached hydrogen (secondary N) is 1. The first-order valence-electron chi connectivity index (χ1n) is 8.84. The molecule has 1 heterocycles. The van der Waals surface area contributed by atoms with Crippen molar-refractivity contribution in [3.63, 3.8) is 0 Å². The van der Waals surface area contributed by atoms with E-state index >= 15 is 0 Å². The Bertz CT molecular complexity index is 1010. The molecule has 0 saturated carbocycles. The highest BCUT2D eigenvalue weighted by Crippen LogP contribution is 2.50. The summed E-state index contributed by atoms with van der Waals surface area (Å²) in [6.45, 7) is -0.450. The number of hydrogen-bond donors (Lipinski definition) is 2. The molecule has 10 heteroatoms. The second kappa shape index (κ2) is 8.09. The number of rotatable bonds is 4. The van der Waals surface area contributed by atoms with Gasteiger partial charge < -0.3 is 10.4 Å². The number of amides is 1. The molecule has 160 valence electrons. The van der Waals surface area contributed by atoms with E-state index in [4.69, 9.17) is 23.2 Å². The SMILES string of the molecule is CNC(=O)c1ccc(C2=NN(C)C(c3cc(Cl)cc(Cl)c3)(C(F)(F)F)C2)cc1CO. The predicted molar refractivity (Wildman–Crippen MR) is 109 cm³/mol. The van der Waals surface area contributed by atoms with Gasteiger partial charge in [0, 0.05) is 36.1 Å². The van der Waals surface area contributed by atoms with Crippen molar-refractivity contribution in [1.29, 1.82) is 0 Å². The van der Waals surface area contributed by atoms with Crippen molar-refractivity contribution in [3.05, 3.63) is 68.7 Å². The second-order valence-electron chi connectivity index (χ2n) is 6.87. The number of alkyl halides is 3. The lowest BCUT2D eigenvalue weighted by molar-refractivity contribution is -0.227. The number of aliphatic hydroxyl groups excluding tert-OH is 1. The van der Waals surface area contributed by atoms with Crippen LogP contribution in [0, 0.1) is 0 Å². The molecule has 0 spiro atoms. The fourth-order valence-electron chi connectivity index (χ4n) is 3.61. The van der Waals surface area contributed by atoms with Gasteiger partial charge in [-0.2, -0.15) is 18.3 Å². The lowest BCUT2D eigenvalue weighted by Gasteiger charge is -2.37. The molecular weight excluding hydrogens is 442 g/mol. The van der Waals surface area contributed by atoms with E-state index in [-0.39, 0.29) is 32.4 Å². The Kier molecular flexibility index (Phi) is 6.04. The van der Waals surface area contributed by atoms with Gasteiger partial charge in [0.25, 0.3) is 5.91 Å². The second-order valence-corrected chi connectivity index (χ2v) is 7.75. The smallest absolute Gasteiger partial charge is 0.392 e. The van der Waals surface area contributed by atoms with Crippen LogP contribution in [0.15, 0.2) is 41.5 Å². The number of hydrazone groups is 1.